The van der Waals surface area contributed by atoms with Gasteiger partial charge in [0.1, 0.15) is 23.2 Å². The van der Waals surface area contributed by atoms with Gasteiger partial charge < -0.3 is 12.4 Å². The van der Waals surface area contributed by atoms with Gasteiger partial charge in [-0.1, -0.05) is 92.7 Å². The lowest BCUT2D eigenvalue weighted by Gasteiger charge is -2.28. The fourth-order valence-corrected chi connectivity index (χ4v) is 8.47. The molecule has 158 valence electrons. The molecule has 0 aliphatic heterocycles. The highest BCUT2D eigenvalue weighted by Gasteiger charge is 2.45. The zero-order valence-electron chi connectivity index (χ0n) is 18.3. The minimum Gasteiger partial charge on any atom is -1.00 e. The largest absolute Gasteiger partial charge is 1.00 e. The van der Waals surface area contributed by atoms with Crippen LogP contribution in [0.5, 0.6) is 0 Å². The summed E-state index contributed by atoms with van der Waals surface area (Å²) in [6.45, 7) is 4.57. The second-order valence-electron chi connectivity index (χ2n) is 8.03. The molecule has 0 aliphatic carbocycles. The van der Waals surface area contributed by atoms with Crippen molar-refractivity contribution >= 4 is 23.2 Å². The SMILES string of the molecule is CCC(C)c1ccc(C[P+](c2ccccc2)(c2ccccc2)c2ccccc2)cc1.[Cl-]. The standard InChI is InChI=1S/C29H30P.ClH/c1-3-24(2)26-21-19-25(20-22-26)23-30(27-13-7-4-8-14-27,28-15-9-5-10-16-28)29-17-11-6-12-18-29;/h4-22,24H,3,23H2,1-2H3;1H/q+1;/p-1. The van der Waals surface area contributed by atoms with Crippen LogP contribution in [-0.2, 0) is 6.16 Å². The van der Waals surface area contributed by atoms with Crippen LogP contribution in [0.4, 0.5) is 0 Å². The van der Waals surface area contributed by atoms with Gasteiger partial charge in [0.05, 0.1) is 6.16 Å². The Hall–Kier alpha value is -2.40. The number of rotatable bonds is 7. The molecule has 0 radical (unpaired) electrons. The highest BCUT2D eigenvalue weighted by Crippen LogP contribution is 2.58. The molecule has 4 aromatic rings. The van der Waals surface area contributed by atoms with Gasteiger partial charge in [-0.25, -0.2) is 0 Å². The smallest absolute Gasteiger partial charge is 0.116 e. The van der Waals surface area contributed by atoms with Crippen LogP contribution in [-0.4, -0.2) is 0 Å². The van der Waals surface area contributed by atoms with E-state index >= 15 is 0 Å². The van der Waals surface area contributed by atoms with Crippen molar-refractivity contribution in [1.82, 2.24) is 0 Å². The van der Waals surface area contributed by atoms with E-state index in [1.165, 1.54) is 33.5 Å². The maximum atomic E-state index is 2.35. The monoisotopic (exact) mass is 444 g/mol. The molecule has 31 heavy (non-hydrogen) atoms. The summed E-state index contributed by atoms with van der Waals surface area (Å²) < 4.78 is 0. The highest BCUT2D eigenvalue weighted by atomic mass is 35.5. The van der Waals surface area contributed by atoms with Crippen LogP contribution in [0.1, 0.15) is 37.3 Å². The van der Waals surface area contributed by atoms with Crippen molar-refractivity contribution < 1.29 is 12.4 Å². The lowest BCUT2D eigenvalue weighted by molar-refractivity contribution is -0.00000599. The average Bonchev–Trinajstić information content (AvgIpc) is 2.84. The van der Waals surface area contributed by atoms with Crippen molar-refractivity contribution in [2.75, 3.05) is 0 Å². The summed E-state index contributed by atoms with van der Waals surface area (Å²) in [7, 11) is -1.82. The average molecular weight is 445 g/mol. The van der Waals surface area contributed by atoms with Crippen LogP contribution in [0, 0.1) is 0 Å². The van der Waals surface area contributed by atoms with Gasteiger partial charge in [0, 0.05) is 0 Å². The normalized spacial score (nSPS) is 12.1. The molecule has 0 aromatic heterocycles. The Balaban J connectivity index is 0.00000272. The van der Waals surface area contributed by atoms with E-state index in [4.69, 9.17) is 0 Å². The Labute approximate surface area is 194 Å². The third-order valence-corrected chi connectivity index (χ3v) is 10.6. The summed E-state index contributed by atoms with van der Waals surface area (Å²) in [5, 5.41) is 4.32. The second kappa shape index (κ2) is 10.8. The van der Waals surface area contributed by atoms with Crippen molar-refractivity contribution in [1.29, 1.82) is 0 Å². The van der Waals surface area contributed by atoms with E-state index in [9.17, 15) is 0 Å². The van der Waals surface area contributed by atoms with Crippen LogP contribution in [0.25, 0.3) is 0 Å². The molecule has 1 unspecified atom stereocenters. The number of benzene rings is 4. The summed E-state index contributed by atoms with van der Waals surface area (Å²) in [6, 6.07) is 42.7. The number of hydrogen-bond acceptors (Lipinski definition) is 0. The molecule has 0 spiro atoms. The Bertz CT molecular complexity index is 948. The van der Waals surface area contributed by atoms with Gasteiger partial charge in [0.2, 0.25) is 0 Å². The molecule has 0 bridgehead atoms. The molecule has 0 heterocycles. The van der Waals surface area contributed by atoms with Gasteiger partial charge in [-0.2, -0.15) is 0 Å². The minimum atomic E-state index is -1.82. The number of hydrogen-bond donors (Lipinski definition) is 0. The molecule has 0 nitrogen and oxygen atoms in total. The first-order valence-corrected chi connectivity index (χ1v) is 12.8. The predicted octanol–water partition coefficient (Wildman–Crippen LogP) is 3.70. The third kappa shape index (κ3) is 4.93. The number of halogens is 1. The van der Waals surface area contributed by atoms with Gasteiger partial charge in [0.25, 0.3) is 0 Å². The van der Waals surface area contributed by atoms with Crippen LogP contribution >= 0.6 is 7.26 Å². The van der Waals surface area contributed by atoms with Gasteiger partial charge in [0.15, 0.2) is 0 Å². The molecular weight excluding hydrogens is 415 g/mol. The van der Waals surface area contributed by atoms with Gasteiger partial charge in [-0.05, 0) is 59.9 Å². The van der Waals surface area contributed by atoms with Crippen LogP contribution in [0.2, 0.25) is 0 Å². The fraction of sp³-hybridized carbons (Fsp3) is 0.172. The fourth-order valence-electron chi connectivity index (χ4n) is 4.23. The summed E-state index contributed by atoms with van der Waals surface area (Å²) in [5.74, 6) is 0.607. The quantitative estimate of drug-likeness (QED) is 0.381. The summed E-state index contributed by atoms with van der Waals surface area (Å²) in [4.78, 5) is 0. The molecule has 4 aromatic carbocycles. The Morgan fingerprint density at radius 1 is 0.581 bits per heavy atom. The lowest BCUT2D eigenvalue weighted by atomic mass is 9.98. The molecule has 1 atom stereocenters. The van der Waals surface area contributed by atoms with E-state index in [0.717, 1.165) is 6.16 Å². The van der Waals surface area contributed by atoms with E-state index in [2.05, 4.69) is 129 Å². The third-order valence-electron chi connectivity index (χ3n) is 6.17. The van der Waals surface area contributed by atoms with Crippen LogP contribution in [0.3, 0.4) is 0 Å². The van der Waals surface area contributed by atoms with E-state index in [1.807, 2.05) is 0 Å². The van der Waals surface area contributed by atoms with Crippen molar-refractivity contribution in [2.45, 2.75) is 32.3 Å². The first kappa shape index (κ1) is 23.3. The van der Waals surface area contributed by atoms with E-state index in [-0.39, 0.29) is 12.4 Å². The van der Waals surface area contributed by atoms with Gasteiger partial charge in [-0.3, -0.25) is 0 Å². The zero-order valence-corrected chi connectivity index (χ0v) is 19.9. The maximum Gasteiger partial charge on any atom is 0.116 e. The van der Waals surface area contributed by atoms with E-state index < -0.39 is 7.26 Å². The maximum absolute atomic E-state index is 2.35. The summed E-state index contributed by atoms with van der Waals surface area (Å²) in [6.07, 6.45) is 2.21. The first-order chi connectivity index (χ1) is 14.7. The Kier molecular flexibility index (Phi) is 8.08. The van der Waals surface area contributed by atoms with Crippen molar-refractivity contribution in [2.24, 2.45) is 0 Å². The van der Waals surface area contributed by atoms with Crippen LogP contribution in [0.15, 0.2) is 115 Å². The van der Waals surface area contributed by atoms with Crippen molar-refractivity contribution in [3.63, 3.8) is 0 Å². The molecule has 2 heteroatoms. The molecule has 0 saturated heterocycles. The molecule has 0 amide bonds. The zero-order chi connectivity index (χ0) is 20.8. The predicted molar refractivity (Wildman–Crippen MR) is 134 cm³/mol. The Morgan fingerprint density at radius 2 is 0.968 bits per heavy atom. The molecule has 0 N–H and O–H groups in total. The molecule has 4 rings (SSSR count). The molecule has 0 fully saturated rings. The van der Waals surface area contributed by atoms with Crippen molar-refractivity contribution in [3.8, 4) is 0 Å². The molecule has 0 aliphatic rings. The van der Waals surface area contributed by atoms with Gasteiger partial charge >= 0.3 is 0 Å². The first-order valence-electron chi connectivity index (χ1n) is 10.9. The minimum absolute atomic E-state index is 0. The van der Waals surface area contributed by atoms with E-state index in [0.29, 0.717) is 5.92 Å². The highest BCUT2D eigenvalue weighted by molar-refractivity contribution is 7.95. The van der Waals surface area contributed by atoms with Gasteiger partial charge in [-0.15, -0.1) is 0 Å². The summed E-state index contributed by atoms with van der Waals surface area (Å²) in [5.41, 5.74) is 2.84. The molecular formula is C29H30ClP. The lowest BCUT2D eigenvalue weighted by Crippen LogP contribution is -3.00. The summed E-state index contributed by atoms with van der Waals surface area (Å²) >= 11 is 0. The second-order valence-corrected chi connectivity index (χ2v) is 11.5. The molecule has 0 saturated carbocycles. The van der Waals surface area contributed by atoms with Crippen LogP contribution < -0.4 is 28.3 Å². The topological polar surface area (TPSA) is 0 Å². The Morgan fingerprint density at radius 3 is 1.32 bits per heavy atom. The van der Waals surface area contributed by atoms with E-state index in [1.54, 1.807) is 0 Å². The van der Waals surface area contributed by atoms with Crippen molar-refractivity contribution in [3.05, 3.63) is 126 Å².